The van der Waals surface area contributed by atoms with Gasteiger partial charge in [-0.2, -0.15) is 0 Å². The van der Waals surface area contributed by atoms with Crippen molar-refractivity contribution in [1.82, 2.24) is 0 Å². The zero-order chi connectivity index (χ0) is 9.82. The summed E-state index contributed by atoms with van der Waals surface area (Å²) in [4.78, 5) is 0. The zero-order valence-corrected chi connectivity index (χ0v) is 6.80. The minimum absolute atomic E-state index is 0.0144. The van der Waals surface area contributed by atoms with Crippen LogP contribution in [0.4, 0.5) is 0 Å². The van der Waals surface area contributed by atoms with Crippen LogP contribution in [-0.2, 0) is 0 Å². The molecule has 0 aromatic rings. The van der Waals surface area contributed by atoms with Crippen LogP contribution >= 0.6 is 0 Å². The summed E-state index contributed by atoms with van der Waals surface area (Å²) in [5.74, 6) is 0. The summed E-state index contributed by atoms with van der Waals surface area (Å²) in [5.41, 5.74) is 0. The molecule has 0 rings (SSSR count). The molecule has 0 aromatic heterocycles. The normalized spacial score (nSPS) is 10.2. The van der Waals surface area contributed by atoms with Crippen molar-refractivity contribution in [2.45, 2.75) is 6.10 Å². The maximum Gasteiger partial charge on any atom is 0.100 e. The third-order valence-corrected chi connectivity index (χ3v) is 0.799. The molecule has 5 nitrogen and oxygen atoms in total. The molecular weight excluding hydrogens is 164 g/mol. The second-order valence-corrected chi connectivity index (χ2v) is 1.86. The highest BCUT2D eigenvalue weighted by Crippen LogP contribution is 1.71. The summed E-state index contributed by atoms with van der Waals surface area (Å²) in [6, 6.07) is 0. The van der Waals surface area contributed by atoms with E-state index in [1.54, 1.807) is 0 Å². The predicted octanol–water partition coefficient (Wildman–Crippen LogP) is -2.14. The van der Waals surface area contributed by atoms with Crippen molar-refractivity contribution in [3.05, 3.63) is 12.2 Å². The second kappa shape index (κ2) is 13.2. The van der Waals surface area contributed by atoms with Crippen LogP contribution in [0.15, 0.2) is 12.2 Å². The molecular formula is C7H16O5. The van der Waals surface area contributed by atoms with E-state index < -0.39 is 6.10 Å². The summed E-state index contributed by atoms with van der Waals surface area (Å²) in [7, 11) is 0. The number of hydrogen-bond donors (Lipinski definition) is 5. The lowest BCUT2D eigenvalue weighted by molar-refractivity contribution is 0.0450. The van der Waals surface area contributed by atoms with Crippen molar-refractivity contribution in [2.24, 2.45) is 0 Å². The first kappa shape index (κ1) is 14.1. The first-order chi connectivity index (χ1) is 5.72. The van der Waals surface area contributed by atoms with Crippen LogP contribution in [0.1, 0.15) is 0 Å². The van der Waals surface area contributed by atoms with Crippen molar-refractivity contribution in [3.8, 4) is 0 Å². The monoisotopic (exact) mass is 180 g/mol. The van der Waals surface area contributed by atoms with Gasteiger partial charge in [0.1, 0.15) is 6.10 Å². The van der Waals surface area contributed by atoms with E-state index in [4.69, 9.17) is 25.5 Å². The van der Waals surface area contributed by atoms with E-state index in [2.05, 4.69) is 0 Å². The highest BCUT2D eigenvalue weighted by molar-refractivity contribution is 4.78. The Bertz CT molecular complexity index is 83.8. The highest BCUT2D eigenvalue weighted by Gasteiger charge is 1.93. The molecule has 12 heavy (non-hydrogen) atoms. The SMILES string of the molecule is OC/C=C/CO.OCC(O)CO. The Hall–Kier alpha value is -0.460. The minimum atomic E-state index is -0.954. The van der Waals surface area contributed by atoms with E-state index in [0.717, 1.165) is 0 Å². The van der Waals surface area contributed by atoms with Gasteiger partial charge in [-0.25, -0.2) is 0 Å². The first-order valence-electron chi connectivity index (χ1n) is 3.49. The standard InChI is InChI=1S/C4H8O2.C3H8O3/c5-3-1-2-4-6;4-1-3(6)2-5/h1-2,5-6H,3-4H2;3-6H,1-2H2/b2-1+;. The predicted molar refractivity (Wildman–Crippen MR) is 43.5 cm³/mol. The molecule has 0 aliphatic heterocycles. The average Bonchev–Trinajstić information content (AvgIpc) is 2.14. The van der Waals surface area contributed by atoms with Gasteiger partial charge in [0.15, 0.2) is 0 Å². The summed E-state index contributed by atoms with van der Waals surface area (Å²) in [6.07, 6.45) is 2.02. The molecule has 0 amide bonds. The fourth-order valence-corrected chi connectivity index (χ4v) is 0.207. The van der Waals surface area contributed by atoms with E-state index in [1.807, 2.05) is 0 Å². The molecule has 0 aromatic carbocycles. The number of aliphatic hydroxyl groups excluding tert-OH is 5. The molecule has 0 aliphatic carbocycles. The summed E-state index contributed by atoms with van der Waals surface area (Å²) in [6.45, 7) is -0.700. The van der Waals surface area contributed by atoms with Crippen LogP contribution in [0.3, 0.4) is 0 Å². The first-order valence-corrected chi connectivity index (χ1v) is 3.49. The molecule has 0 heterocycles. The summed E-state index contributed by atoms with van der Waals surface area (Å²) >= 11 is 0. The van der Waals surface area contributed by atoms with Crippen LogP contribution in [-0.4, -0.2) is 58.1 Å². The van der Waals surface area contributed by atoms with Crippen LogP contribution in [0.5, 0.6) is 0 Å². The molecule has 0 radical (unpaired) electrons. The zero-order valence-electron chi connectivity index (χ0n) is 6.80. The molecule has 0 unspecified atom stereocenters. The molecule has 5 N–H and O–H groups in total. The molecule has 5 heteroatoms. The smallest absolute Gasteiger partial charge is 0.100 e. The van der Waals surface area contributed by atoms with Gasteiger partial charge in [0.05, 0.1) is 26.4 Å². The Kier molecular flexibility index (Phi) is 15.4. The van der Waals surface area contributed by atoms with E-state index >= 15 is 0 Å². The molecule has 0 fully saturated rings. The number of rotatable bonds is 4. The summed E-state index contributed by atoms with van der Waals surface area (Å²) in [5, 5.41) is 40.0. The van der Waals surface area contributed by atoms with E-state index in [1.165, 1.54) is 12.2 Å². The van der Waals surface area contributed by atoms with Crippen molar-refractivity contribution >= 4 is 0 Å². The van der Waals surface area contributed by atoms with Gasteiger partial charge < -0.3 is 25.5 Å². The highest BCUT2D eigenvalue weighted by atomic mass is 16.3. The molecule has 0 bridgehead atoms. The minimum Gasteiger partial charge on any atom is -0.394 e. The van der Waals surface area contributed by atoms with Gasteiger partial charge in [-0.1, -0.05) is 12.2 Å². The number of aliphatic hydroxyl groups is 5. The largest absolute Gasteiger partial charge is 0.394 e. The van der Waals surface area contributed by atoms with E-state index in [-0.39, 0.29) is 26.4 Å². The maximum atomic E-state index is 8.17. The lowest BCUT2D eigenvalue weighted by atomic mass is 10.4. The molecule has 0 aliphatic rings. The Morgan fingerprint density at radius 2 is 1.17 bits per heavy atom. The lowest BCUT2D eigenvalue weighted by Gasteiger charge is -1.96. The van der Waals surface area contributed by atoms with Crippen LogP contribution in [0.2, 0.25) is 0 Å². The Labute approximate surface area is 71.2 Å². The van der Waals surface area contributed by atoms with Gasteiger partial charge in [-0.05, 0) is 0 Å². The van der Waals surface area contributed by atoms with Gasteiger partial charge in [0, 0.05) is 0 Å². The second-order valence-electron chi connectivity index (χ2n) is 1.86. The van der Waals surface area contributed by atoms with Gasteiger partial charge >= 0.3 is 0 Å². The van der Waals surface area contributed by atoms with Crippen molar-refractivity contribution in [2.75, 3.05) is 26.4 Å². The van der Waals surface area contributed by atoms with Crippen LogP contribution in [0.25, 0.3) is 0 Å². The van der Waals surface area contributed by atoms with E-state index in [0.29, 0.717) is 0 Å². The maximum absolute atomic E-state index is 8.17. The quantitative estimate of drug-likeness (QED) is 0.318. The fourth-order valence-electron chi connectivity index (χ4n) is 0.207. The molecule has 74 valence electrons. The lowest BCUT2D eigenvalue weighted by Crippen LogP contribution is -2.15. The molecule has 0 saturated carbocycles. The van der Waals surface area contributed by atoms with Crippen molar-refractivity contribution in [3.63, 3.8) is 0 Å². The Balaban J connectivity index is 0. The van der Waals surface area contributed by atoms with Gasteiger partial charge in [-0.15, -0.1) is 0 Å². The third-order valence-electron chi connectivity index (χ3n) is 0.799. The van der Waals surface area contributed by atoms with E-state index in [9.17, 15) is 0 Å². The fraction of sp³-hybridized carbons (Fsp3) is 0.714. The van der Waals surface area contributed by atoms with Crippen LogP contribution in [0, 0.1) is 0 Å². The number of hydrogen-bond acceptors (Lipinski definition) is 5. The summed E-state index contributed by atoms with van der Waals surface area (Å²) < 4.78 is 0. The average molecular weight is 180 g/mol. The van der Waals surface area contributed by atoms with Gasteiger partial charge in [0.25, 0.3) is 0 Å². The topological polar surface area (TPSA) is 101 Å². The Morgan fingerprint density at radius 3 is 1.25 bits per heavy atom. The Morgan fingerprint density at radius 1 is 0.833 bits per heavy atom. The third kappa shape index (κ3) is 16.3. The molecule has 0 spiro atoms. The molecule has 0 saturated heterocycles. The van der Waals surface area contributed by atoms with Crippen LogP contribution < -0.4 is 0 Å². The van der Waals surface area contributed by atoms with Crippen molar-refractivity contribution in [1.29, 1.82) is 0 Å². The van der Waals surface area contributed by atoms with Gasteiger partial charge in [-0.3, -0.25) is 0 Å². The van der Waals surface area contributed by atoms with Gasteiger partial charge in [0.2, 0.25) is 0 Å². The van der Waals surface area contributed by atoms with Crippen molar-refractivity contribution < 1.29 is 25.5 Å². The molecule has 0 atom stereocenters.